The Morgan fingerprint density at radius 1 is 1.23 bits per heavy atom. The van der Waals surface area contributed by atoms with Crippen molar-refractivity contribution in [2.75, 3.05) is 7.11 Å². The maximum atomic E-state index is 11.0. The van der Waals surface area contributed by atoms with Crippen LogP contribution in [-0.2, 0) is 9.53 Å². The fraction of sp³-hybridized carbons (Fsp3) is 0.909. The Bertz CT molecular complexity index is 157. The summed E-state index contributed by atoms with van der Waals surface area (Å²) in [5.74, 6) is 1.46. The Kier molecular flexibility index (Phi) is 4.26. The van der Waals surface area contributed by atoms with Crippen LogP contribution in [0, 0.1) is 11.8 Å². The largest absolute Gasteiger partial charge is 0.469 e. The minimum atomic E-state index is -0.0417. The quantitative estimate of drug-likeness (QED) is 0.630. The van der Waals surface area contributed by atoms with Crippen LogP contribution in [0.25, 0.3) is 0 Å². The van der Waals surface area contributed by atoms with Crippen LogP contribution in [0.15, 0.2) is 0 Å². The van der Waals surface area contributed by atoms with Crippen LogP contribution in [0.4, 0.5) is 0 Å². The van der Waals surface area contributed by atoms with Crippen LogP contribution in [0.3, 0.4) is 0 Å². The van der Waals surface area contributed by atoms with E-state index < -0.39 is 0 Å². The molecule has 0 aromatic carbocycles. The van der Waals surface area contributed by atoms with Crippen LogP contribution < -0.4 is 0 Å². The molecular formula is C11H20O2. The van der Waals surface area contributed by atoms with Crippen molar-refractivity contribution in [1.29, 1.82) is 0 Å². The second-order valence-corrected chi connectivity index (χ2v) is 4.08. The summed E-state index contributed by atoms with van der Waals surface area (Å²) in [6, 6.07) is 0. The summed E-state index contributed by atoms with van der Waals surface area (Å²) >= 11 is 0. The number of ether oxygens (including phenoxy) is 1. The normalized spacial score (nSPS) is 28.5. The summed E-state index contributed by atoms with van der Waals surface area (Å²) in [6.45, 7) is 2.26. The van der Waals surface area contributed by atoms with Crippen LogP contribution >= 0.6 is 0 Å². The van der Waals surface area contributed by atoms with Gasteiger partial charge in [-0.15, -0.1) is 0 Å². The monoisotopic (exact) mass is 184 g/mol. The molecule has 0 saturated heterocycles. The first-order valence-corrected chi connectivity index (χ1v) is 5.33. The Morgan fingerprint density at radius 3 is 2.23 bits per heavy atom. The molecule has 0 amide bonds. The molecule has 1 aliphatic rings. The third-order valence-corrected chi connectivity index (χ3v) is 3.23. The molecule has 0 atom stereocenters. The molecule has 1 aliphatic carbocycles. The molecule has 0 aromatic heterocycles. The van der Waals surface area contributed by atoms with Crippen LogP contribution in [0.1, 0.15) is 45.4 Å². The maximum absolute atomic E-state index is 11.0. The van der Waals surface area contributed by atoms with Crippen molar-refractivity contribution in [2.24, 2.45) is 11.8 Å². The van der Waals surface area contributed by atoms with Gasteiger partial charge in [-0.2, -0.15) is 0 Å². The number of carbonyl (C=O) groups is 1. The highest BCUT2D eigenvalue weighted by Gasteiger charge is 2.21. The van der Waals surface area contributed by atoms with E-state index in [1.54, 1.807) is 0 Å². The Labute approximate surface area is 80.7 Å². The highest BCUT2D eigenvalue weighted by molar-refractivity contribution is 5.69. The average Bonchev–Trinajstić information content (AvgIpc) is 2.19. The second kappa shape index (κ2) is 5.25. The minimum absolute atomic E-state index is 0.0417. The molecule has 2 heteroatoms. The van der Waals surface area contributed by atoms with Gasteiger partial charge in [0.1, 0.15) is 0 Å². The topological polar surface area (TPSA) is 26.3 Å². The molecule has 0 radical (unpaired) electrons. The fourth-order valence-corrected chi connectivity index (χ4v) is 2.16. The molecule has 0 N–H and O–H groups in total. The van der Waals surface area contributed by atoms with E-state index in [-0.39, 0.29) is 5.97 Å². The summed E-state index contributed by atoms with van der Waals surface area (Å²) in [5, 5.41) is 0. The lowest BCUT2D eigenvalue weighted by Gasteiger charge is -2.26. The van der Waals surface area contributed by atoms with Gasteiger partial charge in [0.05, 0.1) is 7.11 Å². The van der Waals surface area contributed by atoms with Gasteiger partial charge in [0.2, 0.25) is 0 Å². The van der Waals surface area contributed by atoms with Crippen molar-refractivity contribution in [3.63, 3.8) is 0 Å². The van der Waals surface area contributed by atoms with Crippen molar-refractivity contribution in [2.45, 2.75) is 45.4 Å². The molecule has 0 aromatic rings. The van der Waals surface area contributed by atoms with E-state index in [0.717, 1.165) is 5.92 Å². The van der Waals surface area contributed by atoms with Crippen LogP contribution in [0.5, 0.6) is 0 Å². The first-order chi connectivity index (χ1) is 6.26. The highest BCUT2D eigenvalue weighted by Crippen LogP contribution is 2.32. The molecule has 2 nitrogen and oxygen atoms in total. The van der Waals surface area contributed by atoms with Gasteiger partial charge in [-0.25, -0.2) is 0 Å². The summed E-state index contributed by atoms with van der Waals surface area (Å²) in [6.07, 6.45) is 6.97. The van der Waals surface area contributed by atoms with Crippen molar-refractivity contribution in [1.82, 2.24) is 0 Å². The average molecular weight is 184 g/mol. The lowest BCUT2D eigenvalue weighted by molar-refractivity contribution is -0.142. The number of hydrogen-bond donors (Lipinski definition) is 0. The van der Waals surface area contributed by atoms with Gasteiger partial charge in [-0.3, -0.25) is 4.79 Å². The zero-order valence-corrected chi connectivity index (χ0v) is 8.71. The van der Waals surface area contributed by atoms with Gasteiger partial charge in [0, 0.05) is 6.42 Å². The lowest BCUT2D eigenvalue weighted by Crippen LogP contribution is -2.17. The van der Waals surface area contributed by atoms with Crippen molar-refractivity contribution < 1.29 is 9.53 Å². The predicted octanol–water partition coefficient (Wildman–Crippen LogP) is 2.77. The molecular weight excluding hydrogens is 164 g/mol. The maximum Gasteiger partial charge on any atom is 0.305 e. The Hall–Kier alpha value is -0.530. The van der Waals surface area contributed by atoms with Gasteiger partial charge in [-0.05, 0) is 24.7 Å². The van der Waals surface area contributed by atoms with E-state index in [1.165, 1.54) is 39.2 Å². The van der Waals surface area contributed by atoms with Crippen molar-refractivity contribution >= 4 is 5.97 Å². The number of carbonyl (C=O) groups excluding carboxylic acids is 1. The van der Waals surface area contributed by atoms with E-state index in [4.69, 9.17) is 0 Å². The Morgan fingerprint density at radius 2 is 1.77 bits per heavy atom. The predicted molar refractivity (Wildman–Crippen MR) is 52.4 cm³/mol. The third-order valence-electron chi connectivity index (χ3n) is 3.23. The number of esters is 1. The number of methoxy groups -OCH3 is 1. The van der Waals surface area contributed by atoms with E-state index in [0.29, 0.717) is 12.3 Å². The number of hydrogen-bond acceptors (Lipinski definition) is 2. The van der Waals surface area contributed by atoms with Crippen molar-refractivity contribution in [3.05, 3.63) is 0 Å². The molecule has 0 heterocycles. The van der Waals surface area contributed by atoms with Crippen LogP contribution in [-0.4, -0.2) is 13.1 Å². The van der Waals surface area contributed by atoms with E-state index in [2.05, 4.69) is 11.7 Å². The SMILES string of the molecule is CCC1CCC(CC(=O)OC)CC1. The zero-order valence-electron chi connectivity index (χ0n) is 8.71. The van der Waals surface area contributed by atoms with Crippen molar-refractivity contribution in [3.8, 4) is 0 Å². The number of rotatable bonds is 3. The van der Waals surface area contributed by atoms with Gasteiger partial charge in [0.25, 0.3) is 0 Å². The molecule has 0 aliphatic heterocycles. The summed E-state index contributed by atoms with van der Waals surface area (Å²) in [5.41, 5.74) is 0. The molecule has 1 rings (SSSR count). The molecule has 1 saturated carbocycles. The molecule has 1 fully saturated rings. The second-order valence-electron chi connectivity index (χ2n) is 4.08. The lowest BCUT2D eigenvalue weighted by atomic mass is 9.79. The zero-order chi connectivity index (χ0) is 9.68. The molecule has 0 spiro atoms. The van der Waals surface area contributed by atoms with Gasteiger partial charge in [0.15, 0.2) is 0 Å². The fourth-order valence-electron chi connectivity index (χ4n) is 2.16. The highest BCUT2D eigenvalue weighted by atomic mass is 16.5. The smallest absolute Gasteiger partial charge is 0.305 e. The van der Waals surface area contributed by atoms with E-state index >= 15 is 0 Å². The summed E-state index contributed by atoms with van der Waals surface area (Å²) in [7, 11) is 1.47. The van der Waals surface area contributed by atoms with Gasteiger partial charge < -0.3 is 4.74 Å². The molecule has 0 bridgehead atoms. The van der Waals surface area contributed by atoms with Crippen LogP contribution in [0.2, 0.25) is 0 Å². The third kappa shape index (κ3) is 3.37. The first-order valence-electron chi connectivity index (χ1n) is 5.33. The minimum Gasteiger partial charge on any atom is -0.469 e. The Balaban J connectivity index is 2.21. The van der Waals surface area contributed by atoms with Gasteiger partial charge in [-0.1, -0.05) is 26.2 Å². The summed E-state index contributed by atoms with van der Waals surface area (Å²) < 4.78 is 4.67. The molecule has 13 heavy (non-hydrogen) atoms. The van der Waals surface area contributed by atoms with E-state index in [1.807, 2.05) is 0 Å². The first kappa shape index (κ1) is 10.6. The van der Waals surface area contributed by atoms with E-state index in [9.17, 15) is 4.79 Å². The summed E-state index contributed by atoms with van der Waals surface area (Å²) in [4.78, 5) is 11.0. The van der Waals surface area contributed by atoms with Gasteiger partial charge >= 0.3 is 5.97 Å². The molecule has 0 unspecified atom stereocenters. The standard InChI is InChI=1S/C11H20O2/c1-3-9-4-6-10(7-5-9)8-11(12)13-2/h9-10H,3-8H2,1-2H3. The molecule has 76 valence electrons.